The van der Waals surface area contributed by atoms with E-state index in [9.17, 15) is 16.8 Å². The second-order valence-corrected chi connectivity index (χ2v) is 19.5. The molecule has 0 saturated heterocycles. The Kier molecular flexibility index (Phi) is 8.56. The minimum absolute atomic E-state index is 0.181. The number of allylic oxidation sites excluding steroid dienone is 8. The van der Waals surface area contributed by atoms with Crippen LogP contribution >= 0.6 is 0 Å². The molecule has 0 radical (unpaired) electrons. The topological polar surface area (TPSA) is 92.3 Å². The molecule has 0 amide bonds. The van der Waals surface area contributed by atoms with Gasteiger partial charge in [-0.3, -0.25) is 0 Å². The summed E-state index contributed by atoms with van der Waals surface area (Å²) in [6.45, 7) is -0.988. The third-order valence-corrected chi connectivity index (χ3v) is 16.6. The molecule has 2 aliphatic carbocycles. The van der Waals surface area contributed by atoms with Crippen LogP contribution in [0.5, 0.6) is 0 Å². The third kappa shape index (κ3) is 6.06. The molecule has 4 rings (SSSR count). The van der Waals surface area contributed by atoms with Gasteiger partial charge >= 0.3 is 230 Å². The normalized spacial score (nSPS) is 16.2. The van der Waals surface area contributed by atoms with Crippen LogP contribution in [0.4, 0.5) is 17.6 Å². The number of benzene rings is 2. The summed E-state index contributed by atoms with van der Waals surface area (Å²) in [5.74, 6) is -4.16. The molecule has 0 aliphatic heterocycles. The van der Waals surface area contributed by atoms with Gasteiger partial charge in [0.05, 0.1) is 0 Å². The summed E-state index contributed by atoms with van der Waals surface area (Å²) < 4.78 is 113. The van der Waals surface area contributed by atoms with Crippen LogP contribution in [0.15, 0.2) is 72.9 Å². The van der Waals surface area contributed by atoms with Crippen LogP contribution in [0.3, 0.4) is 0 Å². The van der Waals surface area contributed by atoms with Gasteiger partial charge < -0.3 is 0 Å². The Hall–Kier alpha value is -2.35. The summed E-state index contributed by atoms with van der Waals surface area (Å²) in [7, 11) is -7.47. The zero-order valence-corrected chi connectivity index (χ0v) is 24.2. The monoisotopic (exact) mass is 618 g/mol. The number of hydrogen-bond acceptors (Lipinski definition) is 4. The molecule has 208 valence electrons. The summed E-state index contributed by atoms with van der Waals surface area (Å²) in [5, 5.41) is 0. The first-order valence-electron chi connectivity index (χ1n) is 11.8. The van der Waals surface area contributed by atoms with Crippen LogP contribution < -0.4 is 17.2 Å². The molecule has 0 aromatic heterocycles. The van der Waals surface area contributed by atoms with E-state index in [0.29, 0.717) is 0 Å². The predicted octanol–water partition coefficient (Wildman–Crippen LogP) is 3.28. The van der Waals surface area contributed by atoms with Gasteiger partial charge in [0, 0.05) is 0 Å². The van der Waals surface area contributed by atoms with E-state index in [1.54, 1.807) is 48.6 Å². The number of halogens is 4. The zero-order valence-electron chi connectivity index (χ0n) is 21.0. The maximum absolute atomic E-state index is 16.4. The fraction of sp³-hybridized carbons (Fsp3) is 0.231. The number of hydrogen-bond donors (Lipinski definition) is 2. The zero-order chi connectivity index (χ0) is 28.6. The van der Waals surface area contributed by atoms with E-state index in [-0.39, 0.29) is 11.1 Å². The van der Waals surface area contributed by atoms with Crippen molar-refractivity contribution in [3.63, 3.8) is 0 Å². The van der Waals surface area contributed by atoms with Crippen molar-refractivity contribution < 1.29 is 51.0 Å². The molecule has 0 heterocycles. The summed E-state index contributed by atoms with van der Waals surface area (Å²) in [4.78, 5) is 0. The van der Waals surface area contributed by atoms with Gasteiger partial charge in [0.2, 0.25) is 0 Å². The van der Waals surface area contributed by atoms with Crippen LogP contribution in [0, 0.1) is 23.3 Å². The van der Waals surface area contributed by atoms with Crippen molar-refractivity contribution in [3.05, 3.63) is 107 Å². The number of sulfonamides is 2. The third-order valence-electron chi connectivity index (χ3n) is 6.77. The van der Waals surface area contributed by atoms with Gasteiger partial charge in [-0.25, -0.2) is 0 Å². The molecule has 0 fully saturated rings. The van der Waals surface area contributed by atoms with Crippen molar-refractivity contribution >= 4 is 27.8 Å². The van der Waals surface area contributed by atoms with Gasteiger partial charge in [-0.15, -0.1) is 0 Å². The summed E-state index contributed by atoms with van der Waals surface area (Å²) >= 11 is -5.05. The van der Waals surface area contributed by atoms with Gasteiger partial charge in [-0.05, 0) is 0 Å². The van der Waals surface area contributed by atoms with E-state index >= 15 is 17.6 Å². The fourth-order valence-corrected chi connectivity index (χ4v) is 14.8. The van der Waals surface area contributed by atoms with E-state index < -0.39 is 89.2 Å². The summed E-state index contributed by atoms with van der Waals surface area (Å²) in [5.41, 5.74) is -0.362. The standard InChI is InChI=1S/2C8H8F2NO2S.2C5H5.Ti/c2*1-14(12,13)11-5-6-2-3-7(9)4-8(6)10;2*1-2-4-5-3-1;/h2*2-3,11H,5H2,1H3;2*1-5H;. The summed E-state index contributed by atoms with van der Waals surface area (Å²) in [6, 6.07) is 4.15. The van der Waals surface area contributed by atoms with Crippen molar-refractivity contribution in [1.82, 2.24) is 9.44 Å². The van der Waals surface area contributed by atoms with Crippen LogP contribution in [-0.4, -0.2) is 29.3 Å². The minimum atomic E-state index is -5.05. The average molecular weight is 618 g/mol. The molecule has 0 atom stereocenters. The molecule has 2 N–H and O–H groups in total. The van der Waals surface area contributed by atoms with Crippen molar-refractivity contribution in [3.8, 4) is 0 Å². The first-order valence-corrected chi connectivity index (χ1v) is 18.9. The molecular formula is C26H26F4N2O4S2Ti. The van der Waals surface area contributed by atoms with Gasteiger partial charge in [0.1, 0.15) is 0 Å². The Bertz CT molecular complexity index is 1490. The van der Waals surface area contributed by atoms with Crippen molar-refractivity contribution in [1.29, 1.82) is 0 Å². The molecule has 0 saturated carbocycles. The van der Waals surface area contributed by atoms with Crippen LogP contribution in [0.2, 0.25) is 8.45 Å². The first-order chi connectivity index (χ1) is 18.3. The molecule has 13 heteroatoms. The quantitative estimate of drug-likeness (QED) is 0.316. The number of nitrogens with one attached hydrogen (secondary N) is 2. The van der Waals surface area contributed by atoms with Gasteiger partial charge in [-0.2, -0.15) is 0 Å². The first kappa shape index (κ1) is 29.6. The Balaban J connectivity index is 2.08. The molecule has 0 spiro atoms. The van der Waals surface area contributed by atoms with Crippen LogP contribution in [-0.2, 0) is 49.7 Å². The molecule has 39 heavy (non-hydrogen) atoms. The Morgan fingerprint density at radius 2 is 0.974 bits per heavy atom. The average Bonchev–Trinajstić information content (AvgIpc) is 3.56. The molecule has 2 aromatic rings. The van der Waals surface area contributed by atoms with Crippen LogP contribution in [0.1, 0.15) is 11.1 Å². The van der Waals surface area contributed by atoms with E-state index in [2.05, 4.69) is 9.44 Å². The molecule has 6 nitrogen and oxygen atoms in total. The predicted molar refractivity (Wildman–Crippen MR) is 139 cm³/mol. The van der Waals surface area contributed by atoms with Gasteiger partial charge in [-0.1, -0.05) is 0 Å². The Morgan fingerprint density at radius 1 is 0.641 bits per heavy atom. The Labute approximate surface area is 228 Å². The molecule has 0 bridgehead atoms. The van der Waals surface area contributed by atoms with Crippen LogP contribution in [0.25, 0.3) is 0 Å². The van der Waals surface area contributed by atoms with Crippen molar-refractivity contribution in [2.75, 3.05) is 12.5 Å². The van der Waals surface area contributed by atoms with Crippen molar-refractivity contribution in [2.45, 2.75) is 21.5 Å². The molecule has 2 aromatic carbocycles. The van der Waals surface area contributed by atoms with Gasteiger partial charge in [0.25, 0.3) is 0 Å². The second kappa shape index (κ2) is 11.3. The number of rotatable bonds is 10. The molecular weight excluding hydrogens is 592 g/mol. The van der Waals surface area contributed by atoms with Crippen molar-refractivity contribution in [2.24, 2.45) is 0 Å². The fourth-order valence-electron chi connectivity index (χ4n) is 5.13. The van der Waals surface area contributed by atoms with E-state index in [1.165, 1.54) is 0 Å². The van der Waals surface area contributed by atoms with E-state index in [0.717, 1.165) is 36.8 Å². The van der Waals surface area contributed by atoms with E-state index in [4.69, 9.17) is 0 Å². The van der Waals surface area contributed by atoms with E-state index in [1.807, 2.05) is 0 Å². The second-order valence-electron chi connectivity index (χ2n) is 9.44. The molecule has 2 aliphatic rings. The maximum atomic E-state index is 16.4. The van der Waals surface area contributed by atoms with Gasteiger partial charge in [0.15, 0.2) is 0 Å². The Morgan fingerprint density at radius 3 is 1.28 bits per heavy atom. The SMILES string of the molecule is CS(=O)(=O)NCc1ccc(F)[c]([Ti]([c]2c(F)ccc(CNS(C)(=O)=O)c2F)([CH]2C=CC=C2)[CH]2C=CC=C2)c1F. The summed E-state index contributed by atoms with van der Waals surface area (Å²) in [6.07, 6.45) is 15.0. The molecule has 0 unspecified atom stereocenters.